The summed E-state index contributed by atoms with van der Waals surface area (Å²) in [6.45, 7) is 2.24. The predicted molar refractivity (Wildman–Crippen MR) is 113 cm³/mol. The van der Waals surface area contributed by atoms with Gasteiger partial charge in [-0.3, -0.25) is 4.79 Å². The average molecular weight is 468 g/mol. The molecule has 11 heteroatoms. The summed E-state index contributed by atoms with van der Waals surface area (Å²) in [4.78, 5) is 28.4. The molecule has 0 aliphatic carbocycles. The Morgan fingerprint density at radius 2 is 2.00 bits per heavy atom. The summed E-state index contributed by atoms with van der Waals surface area (Å²) in [7, 11) is -3.73. The highest BCUT2D eigenvalue weighted by molar-refractivity contribution is 7.89. The van der Waals surface area contributed by atoms with Gasteiger partial charge in [-0.1, -0.05) is 11.6 Å². The van der Waals surface area contributed by atoms with E-state index in [1.807, 2.05) is 0 Å². The molecule has 1 aromatic carbocycles. The van der Waals surface area contributed by atoms with Crippen LogP contribution in [0.5, 0.6) is 0 Å². The summed E-state index contributed by atoms with van der Waals surface area (Å²) in [5.41, 5.74) is 0.113. The summed E-state index contributed by atoms with van der Waals surface area (Å²) in [5.74, 6) is -1.06. The first-order valence-corrected chi connectivity index (χ1v) is 11.5. The second-order valence-electron chi connectivity index (χ2n) is 6.91. The number of nitrogens with one attached hydrogen (secondary N) is 2. The van der Waals surface area contributed by atoms with Crippen LogP contribution in [-0.2, 0) is 24.3 Å². The second-order valence-corrected chi connectivity index (χ2v) is 9.11. The van der Waals surface area contributed by atoms with Crippen LogP contribution in [0.25, 0.3) is 0 Å². The monoisotopic (exact) mass is 467 g/mol. The standard InChI is InChI=1S/C20H22ClN3O6S/c1-13(19(25)24-18-9-6-15(21)11-22-18)30-20(26)14-4-7-17(8-5-14)31(27,28)23-12-16-3-2-10-29-16/h4-9,11,13,16,23H,2-3,10,12H2,1H3,(H,22,24,25). The molecule has 1 aliphatic rings. The van der Waals surface area contributed by atoms with Gasteiger partial charge in [-0.25, -0.2) is 22.9 Å². The fourth-order valence-corrected chi connectivity index (χ4v) is 4.00. The number of esters is 1. The van der Waals surface area contributed by atoms with E-state index in [0.717, 1.165) is 12.8 Å². The number of pyridine rings is 1. The molecule has 0 bridgehead atoms. The molecular formula is C20H22ClN3O6S. The number of anilines is 1. The van der Waals surface area contributed by atoms with E-state index in [1.54, 1.807) is 6.07 Å². The van der Waals surface area contributed by atoms with Crippen molar-refractivity contribution in [3.8, 4) is 0 Å². The molecule has 1 aromatic heterocycles. The van der Waals surface area contributed by atoms with E-state index < -0.39 is 28.0 Å². The summed E-state index contributed by atoms with van der Waals surface area (Å²) < 4.78 is 37.8. The third-order valence-corrected chi connectivity index (χ3v) is 6.22. The maximum Gasteiger partial charge on any atom is 0.338 e. The first-order valence-electron chi connectivity index (χ1n) is 9.59. The molecule has 1 saturated heterocycles. The van der Waals surface area contributed by atoms with E-state index in [9.17, 15) is 18.0 Å². The van der Waals surface area contributed by atoms with Gasteiger partial charge in [0, 0.05) is 19.3 Å². The molecule has 2 heterocycles. The van der Waals surface area contributed by atoms with Gasteiger partial charge >= 0.3 is 5.97 Å². The smallest absolute Gasteiger partial charge is 0.338 e. The van der Waals surface area contributed by atoms with Gasteiger partial charge in [0.25, 0.3) is 5.91 Å². The molecule has 31 heavy (non-hydrogen) atoms. The summed E-state index contributed by atoms with van der Waals surface area (Å²) in [6, 6.07) is 8.34. The molecule has 1 amide bonds. The normalized spacial score (nSPS) is 17.2. The molecule has 166 valence electrons. The first kappa shape index (κ1) is 23.1. The van der Waals surface area contributed by atoms with Crippen molar-refractivity contribution in [3.05, 3.63) is 53.2 Å². The average Bonchev–Trinajstić information content (AvgIpc) is 3.28. The summed E-state index contributed by atoms with van der Waals surface area (Å²) in [6.07, 6.45) is 1.88. The molecule has 2 N–H and O–H groups in total. The SMILES string of the molecule is CC(OC(=O)c1ccc(S(=O)(=O)NCC2CCCO2)cc1)C(=O)Nc1ccc(Cl)cn1. The number of benzene rings is 1. The molecule has 2 aromatic rings. The van der Waals surface area contributed by atoms with Crippen molar-refractivity contribution in [2.45, 2.75) is 36.9 Å². The van der Waals surface area contributed by atoms with Crippen molar-refractivity contribution in [2.75, 3.05) is 18.5 Å². The number of halogens is 1. The lowest BCUT2D eigenvalue weighted by Crippen LogP contribution is -2.32. The number of hydrogen-bond donors (Lipinski definition) is 2. The molecule has 3 rings (SSSR count). The van der Waals surface area contributed by atoms with Crippen molar-refractivity contribution in [3.63, 3.8) is 0 Å². The third kappa shape index (κ3) is 6.47. The van der Waals surface area contributed by atoms with E-state index in [0.29, 0.717) is 11.6 Å². The van der Waals surface area contributed by atoms with Crippen molar-refractivity contribution >= 4 is 39.3 Å². The van der Waals surface area contributed by atoms with Crippen LogP contribution in [0.1, 0.15) is 30.1 Å². The number of aromatic nitrogens is 1. The van der Waals surface area contributed by atoms with Gasteiger partial charge < -0.3 is 14.8 Å². The Morgan fingerprint density at radius 3 is 2.61 bits per heavy atom. The minimum atomic E-state index is -3.73. The van der Waals surface area contributed by atoms with Gasteiger partial charge in [-0.15, -0.1) is 0 Å². The number of amides is 1. The minimum Gasteiger partial charge on any atom is -0.449 e. The van der Waals surface area contributed by atoms with Crippen molar-refractivity contribution in [2.24, 2.45) is 0 Å². The Balaban J connectivity index is 1.55. The van der Waals surface area contributed by atoms with Crippen molar-refractivity contribution in [1.29, 1.82) is 0 Å². The Morgan fingerprint density at radius 1 is 1.26 bits per heavy atom. The Labute approximate surface area is 185 Å². The topological polar surface area (TPSA) is 124 Å². The molecule has 0 radical (unpaired) electrons. The highest BCUT2D eigenvalue weighted by Crippen LogP contribution is 2.15. The Hall–Kier alpha value is -2.53. The molecule has 0 spiro atoms. The van der Waals surface area contributed by atoms with Gasteiger partial charge in [0.15, 0.2) is 6.10 Å². The third-order valence-electron chi connectivity index (χ3n) is 4.56. The molecular weight excluding hydrogens is 446 g/mol. The Bertz CT molecular complexity index is 1020. The number of nitrogens with zero attached hydrogens (tertiary/aromatic N) is 1. The number of carbonyl (C=O) groups excluding carboxylic acids is 2. The van der Waals surface area contributed by atoms with Crippen LogP contribution >= 0.6 is 11.6 Å². The number of carbonyl (C=O) groups is 2. The van der Waals surface area contributed by atoms with Gasteiger partial charge in [-0.2, -0.15) is 0 Å². The van der Waals surface area contributed by atoms with Crippen molar-refractivity contribution in [1.82, 2.24) is 9.71 Å². The maximum atomic E-state index is 12.4. The zero-order valence-corrected chi connectivity index (χ0v) is 18.3. The van der Waals surface area contributed by atoms with Gasteiger partial charge in [0.05, 0.1) is 21.6 Å². The molecule has 1 aliphatic heterocycles. The quantitative estimate of drug-likeness (QED) is 0.571. The first-order chi connectivity index (χ1) is 14.7. The maximum absolute atomic E-state index is 12.4. The van der Waals surface area contributed by atoms with Crippen LogP contribution in [0, 0.1) is 0 Å². The zero-order valence-electron chi connectivity index (χ0n) is 16.7. The van der Waals surface area contributed by atoms with Crippen LogP contribution < -0.4 is 10.0 Å². The lowest BCUT2D eigenvalue weighted by molar-refractivity contribution is -0.123. The number of rotatable bonds is 8. The largest absolute Gasteiger partial charge is 0.449 e. The van der Waals surface area contributed by atoms with E-state index in [1.165, 1.54) is 43.5 Å². The van der Waals surface area contributed by atoms with Crippen LogP contribution in [0.2, 0.25) is 5.02 Å². The molecule has 0 saturated carbocycles. The van der Waals surface area contributed by atoms with Crippen molar-refractivity contribution < 1.29 is 27.5 Å². The molecule has 1 fully saturated rings. The van der Waals surface area contributed by atoms with E-state index in [2.05, 4.69) is 15.0 Å². The molecule has 2 atom stereocenters. The molecule has 2 unspecified atom stereocenters. The highest BCUT2D eigenvalue weighted by atomic mass is 35.5. The van der Waals surface area contributed by atoms with Gasteiger partial charge in [0.2, 0.25) is 10.0 Å². The number of sulfonamides is 1. The van der Waals surface area contributed by atoms with E-state index >= 15 is 0 Å². The van der Waals surface area contributed by atoms with Gasteiger partial charge in [-0.05, 0) is 56.2 Å². The lowest BCUT2D eigenvalue weighted by Gasteiger charge is -2.14. The van der Waals surface area contributed by atoms with Crippen LogP contribution in [0.4, 0.5) is 5.82 Å². The summed E-state index contributed by atoms with van der Waals surface area (Å²) >= 11 is 5.74. The predicted octanol–water partition coefficient (Wildman–Crippen LogP) is 2.38. The van der Waals surface area contributed by atoms with Crippen LogP contribution in [-0.4, -0.2) is 50.6 Å². The second kappa shape index (κ2) is 10.2. The summed E-state index contributed by atoms with van der Waals surface area (Å²) in [5, 5.41) is 2.93. The highest BCUT2D eigenvalue weighted by Gasteiger charge is 2.22. The number of ether oxygens (including phenoxy) is 2. The lowest BCUT2D eigenvalue weighted by atomic mass is 10.2. The fourth-order valence-electron chi connectivity index (χ4n) is 2.82. The fraction of sp³-hybridized carbons (Fsp3) is 0.350. The molecule has 9 nitrogen and oxygen atoms in total. The van der Waals surface area contributed by atoms with Gasteiger partial charge in [0.1, 0.15) is 5.82 Å². The minimum absolute atomic E-state index is 0.0154. The number of hydrogen-bond acceptors (Lipinski definition) is 7. The van der Waals surface area contributed by atoms with E-state index in [4.69, 9.17) is 21.1 Å². The van der Waals surface area contributed by atoms with Crippen LogP contribution in [0.3, 0.4) is 0 Å². The van der Waals surface area contributed by atoms with E-state index in [-0.39, 0.29) is 28.9 Å². The Kier molecular flexibility index (Phi) is 7.60. The van der Waals surface area contributed by atoms with Crippen LogP contribution in [0.15, 0.2) is 47.5 Å². The zero-order chi connectivity index (χ0) is 22.4.